The molecule has 0 spiro atoms. The quantitative estimate of drug-likeness (QED) is 0.920. The molecule has 6 heteroatoms. The Kier molecular flexibility index (Phi) is 4.25. The van der Waals surface area contributed by atoms with Gasteiger partial charge in [-0.1, -0.05) is 12.1 Å². The maximum absolute atomic E-state index is 12.0. The zero-order valence-corrected chi connectivity index (χ0v) is 11.7. The van der Waals surface area contributed by atoms with Crippen LogP contribution in [0.5, 0.6) is 0 Å². The van der Waals surface area contributed by atoms with Gasteiger partial charge in [-0.05, 0) is 30.5 Å². The minimum absolute atomic E-state index is 0.0909. The third-order valence-electron chi connectivity index (χ3n) is 3.68. The molecule has 0 bridgehead atoms. The van der Waals surface area contributed by atoms with Gasteiger partial charge in [0.1, 0.15) is 12.7 Å². The highest BCUT2D eigenvalue weighted by Gasteiger charge is 2.20. The Morgan fingerprint density at radius 3 is 2.71 bits per heavy atom. The minimum atomic E-state index is 0.0909. The maximum Gasteiger partial charge on any atom is 0.223 e. The number of carbonyl (C=O) groups excluding carboxylic acids is 1. The van der Waals surface area contributed by atoms with Crippen molar-refractivity contribution in [3.63, 3.8) is 0 Å². The Morgan fingerprint density at radius 1 is 1.29 bits per heavy atom. The van der Waals surface area contributed by atoms with Crippen LogP contribution in [-0.2, 0) is 16.1 Å². The van der Waals surface area contributed by atoms with Crippen LogP contribution < -0.4 is 5.32 Å². The van der Waals surface area contributed by atoms with Gasteiger partial charge in [0.25, 0.3) is 0 Å². The number of ether oxygens (including phenoxy) is 1. The van der Waals surface area contributed by atoms with E-state index >= 15 is 0 Å². The summed E-state index contributed by atoms with van der Waals surface area (Å²) in [4.78, 5) is 16.0. The minimum Gasteiger partial charge on any atom is -0.381 e. The van der Waals surface area contributed by atoms with E-state index in [-0.39, 0.29) is 11.8 Å². The Labute approximate surface area is 123 Å². The van der Waals surface area contributed by atoms with Crippen molar-refractivity contribution >= 4 is 5.91 Å². The number of rotatable bonds is 4. The average molecular weight is 286 g/mol. The second-order valence-corrected chi connectivity index (χ2v) is 5.11. The first kappa shape index (κ1) is 13.8. The van der Waals surface area contributed by atoms with E-state index in [1.165, 1.54) is 6.33 Å². The lowest BCUT2D eigenvalue weighted by atomic mass is 9.99. The lowest BCUT2D eigenvalue weighted by Gasteiger charge is -2.21. The molecule has 0 radical (unpaired) electrons. The number of aromatic nitrogens is 3. The molecule has 1 fully saturated rings. The molecule has 2 aromatic rings. The molecule has 110 valence electrons. The fraction of sp³-hybridized carbons (Fsp3) is 0.400. The standard InChI is InChI=1S/C15H18N4O2/c20-15(13-5-7-21-8-6-13)17-9-12-1-3-14(4-2-12)19-11-16-10-18-19/h1-4,10-11,13H,5-9H2,(H,17,20). The molecule has 1 amide bonds. The van der Waals surface area contributed by atoms with Crippen LogP contribution in [0.3, 0.4) is 0 Å². The predicted molar refractivity (Wildman–Crippen MR) is 76.7 cm³/mol. The van der Waals surface area contributed by atoms with Crippen LogP contribution in [0.25, 0.3) is 5.69 Å². The van der Waals surface area contributed by atoms with E-state index in [1.54, 1.807) is 11.0 Å². The summed E-state index contributed by atoms with van der Waals surface area (Å²) in [5.74, 6) is 0.215. The van der Waals surface area contributed by atoms with E-state index in [1.807, 2.05) is 24.3 Å². The van der Waals surface area contributed by atoms with Crippen molar-refractivity contribution in [3.8, 4) is 5.69 Å². The van der Waals surface area contributed by atoms with Gasteiger partial charge in [0, 0.05) is 25.7 Å². The molecule has 1 aliphatic rings. The van der Waals surface area contributed by atoms with E-state index in [4.69, 9.17) is 4.74 Å². The predicted octanol–water partition coefficient (Wildman–Crippen LogP) is 1.31. The van der Waals surface area contributed by atoms with Crippen molar-refractivity contribution in [2.45, 2.75) is 19.4 Å². The fourth-order valence-electron chi connectivity index (χ4n) is 2.40. The molecule has 21 heavy (non-hydrogen) atoms. The molecule has 1 N–H and O–H groups in total. The van der Waals surface area contributed by atoms with Crippen LogP contribution in [0.2, 0.25) is 0 Å². The summed E-state index contributed by atoms with van der Waals surface area (Å²) in [6, 6.07) is 7.90. The molecule has 2 heterocycles. The van der Waals surface area contributed by atoms with Crippen molar-refractivity contribution in [1.29, 1.82) is 0 Å². The van der Waals surface area contributed by atoms with Crippen molar-refractivity contribution < 1.29 is 9.53 Å². The normalized spacial score (nSPS) is 15.8. The molecule has 1 saturated heterocycles. The first-order chi connectivity index (χ1) is 10.3. The Bertz CT molecular complexity index is 574. The Balaban J connectivity index is 1.54. The Hall–Kier alpha value is -2.21. The summed E-state index contributed by atoms with van der Waals surface area (Å²) in [7, 11) is 0. The van der Waals surface area contributed by atoms with Crippen LogP contribution in [0.1, 0.15) is 18.4 Å². The van der Waals surface area contributed by atoms with Crippen LogP contribution in [0.4, 0.5) is 0 Å². The van der Waals surface area contributed by atoms with Crippen LogP contribution in [-0.4, -0.2) is 33.9 Å². The number of carbonyl (C=O) groups is 1. The first-order valence-corrected chi connectivity index (χ1v) is 7.12. The van der Waals surface area contributed by atoms with Gasteiger partial charge in [-0.3, -0.25) is 4.79 Å². The molecule has 0 aliphatic carbocycles. The lowest BCUT2D eigenvalue weighted by molar-refractivity contribution is -0.128. The van der Waals surface area contributed by atoms with E-state index in [9.17, 15) is 4.79 Å². The highest BCUT2D eigenvalue weighted by atomic mass is 16.5. The second kappa shape index (κ2) is 6.49. The number of benzene rings is 1. The first-order valence-electron chi connectivity index (χ1n) is 7.12. The summed E-state index contributed by atoms with van der Waals surface area (Å²) in [5, 5.41) is 7.07. The summed E-state index contributed by atoms with van der Waals surface area (Å²) in [6.45, 7) is 1.92. The molecule has 6 nitrogen and oxygen atoms in total. The van der Waals surface area contributed by atoms with E-state index < -0.39 is 0 Å². The molecule has 1 aromatic heterocycles. The lowest BCUT2D eigenvalue weighted by Crippen LogP contribution is -2.33. The molecule has 0 saturated carbocycles. The number of nitrogens with one attached hydrogen (secondary N) is 1. The zero-order valence-electron chi connectivity index (χ0n) is 11.7. The molecule has 0 unspecified atom stereocenters. The van der Waals surface area contributed by atoms with Crippen molar-refractivity contribution in [2.24, 2.45) is 5.92 Å². The average Bonchev–Trinajstić information content (AvgIpc) is 3.08. The molecular weight excluding hydrogens is 268 g/mol. The molecule has 1 aromatic carbocycles. The van der Waals surface area contributed by atoms with Gasteiger partial charge in [-0.25, -0.2) is 9.67 Å². The third-order valence-corrected chi connectivity index (χ3v) is 3.68. The number of amides is 1. The van der Waals surface area contributed by atoms with Crippen LogP contribution in [0.15, 0.2) is 36.9 Å². The van der Waals surface area contributed by atoms with Gasteiger partial charge in [0.2, 0.25) is 5.91 Å². The number of hydrogen-bond donors (Lipinski definition) is 1. The molecular formula is C15H18N4O2. The van der Waals surface area contributed by atoms with Gasteiger partial charge in [0.15, 0.2) is 0 Å². The monoisotopic (exact) mass is 286 g/mol. The van der Waals surface area contributed by atoms with Crippen LogP contribution in [0, 0.1) is 5.92 Å². The largest absolute Gasteiger partial charge is 0.381 e. The van der Waals surface area contributed by atoms with E-state index in [0.717, 1.165) is 24.1 Å². The highest BCUT2D eigenvalue weighted by molar-refractivity contribution is 5.78. The van der Waals surface area contributed by atoms with Gasteiger partial charge >= 0.3 is 0 Å². The maximum atomic E-state index is 12.0. The topological polar surface area (TPSA) is 69.0 Å². The summed E-state index contributed by atoms with van der Waals surface area (Å²) in [6.07, 6.45) is 4.79. The zero-order chi connectivity index (χ0) is 14.5. The molecule has 0 atom stereocenters. The van der Waals surface area contributed by atoms with Crippen molar-refractivity contribution in [1.82, 2.24) is 20.1 Å². The van der Waals surface area contributed by atoms with Gasteiger partial charge in [-0.15, -0.1) is 0 Å². The SMILES string of the molecule is O=C(NCc1ccc(-n2cncn2)cc1)C1CCOCC1. The molecule has 3 rings (SSSR count). The van der Waals surface area contributed by atoms with E-state index in [0.29, 0.717) is 19.8 Å². The number of hydrogen-bond acceptors (Lipinski definition) is 4. The van der Waals surface area contributed by atoms with Crippen molar-refractivity contribution in [3.05, 3.63) is 42.5 Å². The van der Waals surface area contributed by atoms with Gasteiger partial charge < -0.3 is 10.1 Å². The highest BCUT2D eigenvalue weighted by Crippen LogP contribution is 2.15. The van der Waals surface area contributed by atoms with Gasteiger partial charge in [-0.2, -0.15) is 5.10 Å². The fourth-order valence-corrected chi connectivity index (χ4v) is 2.40. The van der Waals surface area contributed by atoms with Gasteiger partial charge in [0.05, 0.1) is 5.69 Å². The summed E-state index contributed by atoms with van der Waals surface area (Å²) < 4.78 is 6.97. The second-order valence-electron chi connectivity index (χ2n) is 5.11. The Morgan fingerprint density at radius 2 is 2.05 bits per heavy atom. The van der Waals surface area contributed by atoms with Crippen LogP contribution >= 0.6 is 0 Å². The summed E-state index contributed by atoms with van der Waals surface area (Å²) >= 11 is 0. The van der Waals surface area contributed by atoms with E-state index in [2.05, 4.69) is 15.4 Å². The summed E-state index contributed by atoms with van der Waals surface area (Å²) in [5.41, 5.74) is 2.02. The smallest absolute Gasteiger partial charge is 0.223 e. The molecule has 1 aliphatic heterocycles. The number of nitrogens with zero attached hydrogens (tertiary/aromatic N) is 3. The third kappa shape index (κ3) is 3.46. The van der Waals surface area contributed by atoms with Crippen molar-refractivity contribution in [2.75, 3.05) is 13.2 Å².